The van der Waals surface area contributed by atoms with E-state index in [0.717, 1.165) is 26.2 Å². The lowest BCUT2D eigenvalue weighted by Gasteiger charge is -2.22. The average Bonchev–Trinajstić information content (AvgIpc) is 2.28. The van der Waals surface area contributed by atoms with Gasteiger partial charge in [0.2, 0.25) is 0 Å². The van der Waals surface area contributed by atoms with Crippen molar-refractivity contribution >= 4 is 5.97 Å². The molecule has 0 spiro atoms. The number of aliphatic hydroxyl groups is 1. The van der Waals surface area contributed by atoms with E-state index in [-0.39, 0.29) is 6.54 Å². The van der Waals surface area contributed by atoms with E-state index in [0.29, 0.717) is 0 Å². The number of hydrogen-bond acceptors (Lipinski definition) is 5. The highest BCUT2D eigenvalue weighted by atomic mass is 16.5. The van der Waals surface area contributed by atoms with Crippen LogP contribution in [-0.4, -0.2) is 61.4 Å². The molecule has 0 aliphatic heterocycles. The number of hydrogen-bond donors (Lipinski definition) is 2. The maximum Gasteiger partial charge on any atom is 0.338 e. The normalized spacial score (nSPS) is 14.9. The summed E-state index contributed by atoms with van der Waals surface area (Å²) in [4.78, 5) is 13.4. The second-order valence-electron chi connectivity index (χ2n) is 3.97. The average molecular weight is 232 g/mol. The van der Waals surface area contributed by atoms with Crippen molar-refractivity contribution in [2.75, 3.05) is 39.8 Å². The number of nitrogens with one attached hydrogen (secondary N) is 1. The summed E-state index contributed by atoms with van der Waals surface area (Å²) in [5.41, 5.74) is -1.45. The van der Waals surface area contributed by atoms with Crippen LogP contribution in [0.3, 0.4) is 0 Å². The van der Waals surface area contributed by atoms with E-state index in [1.54, 1.807) is 0 Å². The third-order valence-corrected chi connectivity index (χ3v) is 2.59. The van der Waals surface area contributed by atoms with Crippen LogP contribution in [-0.2, 0) is 9.53 Å². The first-order valence-corrected chi connectivity index (χ1v) is 5.71. The lowest BCUT2D eigenvalue weighted by atomic mass is 10.1. The van der Waals surface area contributed by atoms with E-state index in [1.807, 2.05) is 0 Å². The van der Waals surface area contributed by atoms with Gasteiger partial charge in [-0.2, -0.15) is 0 Å². The van der Waals surface area contributed by atoms with Crippen molar-refractivity contribution in [1.82, 2.24) is 10.2 Å². The molecule has 5 heteroatoms. The van der Waals surface area contributed by atoms with Crippen molar-refractivity contribution in [1.29, 1.82) is 0 Å². The minimum Gasteiger partial charge on any atom is -0.467 e. The molecule has 0 saturated carbocycles. The van der Waals surface area contributed by atoms with Crippen LogP contribution in [0.25, 0.3) is 0 Å². The standard InChI is InChI=1S/C11H24N2O3/c1-5-13(6-2)8-7-12-9-11(3,15)10(14)16-4/h12,15H,5-9H2,1-4H3. The first-order chi connectivity index (χ1) is 7.47. The van der Waals surface area contributed by atoms with Gasteiger partial charge in [0.15, 0.2) is 5.60 Å². The van der Waals surface area contributed by atoms with Crippen molar-refractivity contribution in [3.05, 3.63) is 0 Å². The summed E-state index contributed by atoms with van der Waals surface area (Å²) < 4.78 is 4.50. The molecule has 0 fully saturated rings. The van der Waals surface area contributed by atoms with Crippen LogP contribution in [0.4, 0.5) is 0 Å². The third-order valence-electron chi connectivity index (χ3n) is 2.59. The Bertz CT molecular complexity index is 203. The maximum atomic E-state index is 11.2. The Kier molecular flexibility index (Phi) is 7.29. The molecule has 0 bridgehead atoms. The summed E-state index contributed by atoms with van der Waals surface area (Å²) in [5.74, 6) is -0.608. The van der Waals surface area contributed by atoms with Gasteiger partial charge >= 0.3 is 5.97 Å². The second-order valence-corrected chi connectivity index (χ2v) is 3.97. The number of methoxy groups -OCH3 is 1. The Hall–Kier alpha value is -0.650. The molecule has 0 aromatic rings. The number of esters is 1. The Morgan fingerprint density at radius 3 is 2.44 bits per heavy atom. The van der Waals surface area contributed by atoms with Crippen LogP contribution in [0.2, 0.25) is 0 Å². The summed E-state index contributed by atoms with van der Waals surface area (Å²) in [7, 11) is 1.27. The molecule has 0 rings (SSSR count). The van der Waals surface area contributed by atoms with E-state index >= 15 is 0 Å². The zero-order valence-electron chi connectivity index (χ0n) is 10.7. The van der Waals surface area contributed by atoms with E-state index in [4.69, 9.17) is 0 Å². The molecule has 5 nitrogen and oxygen atoms in total. The van der Waals surface area contributed by atoms with Gasteiger partial charge in [0.1, 0.15) is 0 Å². The molecule has 96 valence electrons. The molecular weight excluding hydrogens is 208 g/mol. The fraction of sp³-hybridized carbons (Fsp3) is 0.909. The van der Waals surface area contributed by atoms with Gasteiger partial charge in [-0.05, 0) is 20.0 Å². The van der Waals surface area contributed by atoms with Gasteiger partial charge in [-0.3, -0.25) is 0 Å². The molecule has 1 atom stereocenters. The molecule has 0 saturated heterocycles. The maximum absolute atomic E-state index is 11.2. The fourth-order valence-electron chi connectivity index (χ4n) is 1.40. The van der Waals surface area contributed by atoms with Crippen molar-refractivity contribution in [3.8, 4) is 0 Å². The Balaban J connectivity index is 3.77. The Morgan fingerprint density at radius 1 is 1.44 bits per heavy atom. The van der Waals surface area contributed by atoms with Gasteiger partial charge in [-0.1, -0.05) is 13.8 Å². The number of carbonyl (C=O) groups is 1. The van der Waals surface area contributed by atoms with Gasteiger partial charge < -0.3 is 20.1 Å². The fourth-order valence-corrected chi connectivity index (χ4v) is 1.40. The smallest absolute Gasteiger partial charge is 0.338 e. The highest BCUT2D eigenvalue weighted by Gasteiger charge is 2.30. The largest absolute Gasteiger partial charge is 0.467 e. The highest BCUT2D eigenvalue weighted by Crippen LogP contribution is 2.03. The lowest BCUT2D eigenvalue weighted by molar-refractivity contribution is -0.159. The molecule has 0 heterocycles. The molecule has 1 unspecified atom stereocenters. The molecule has 0 aromatic heterocycles. The monoisotopic (exact) mass is 232 g/mol. The van der Waals surface area contributed by atoms with Crippen LogP contribution in [0.1, 0.15) is 20.8 Å². The summed E-state index contributed by atoms with van der Waals surface area (Å²) in [6.07, 6.45) is 0. The number of ether oxygens (including phenoxy) is 1. The van der Waals surface area contributed by atoms with Crippen molar-refractivity contribution in [3.63, 3.8) is 0 Å². The minimum atomic E-state index is -1.45. The van der Waals surface area contributed by atoms with Crippen LogP contribution in [0, 0.1) is 0 Å². The van der Waals surface area contributed by atoms with E-state index in [1.165, 1.54) is 14.0 Å². The van der Waals surface area contributed by atoms with E-state index in [2.05, 4.69) is 28.8 Å². The lowest BCUT2D eigenvalue weighted by Crippen LogP contribution is -2.47. The van der Waals surface area contributed by atoms with Gasteiger partial charge in [0.25, 0.3) is 0 Å². The van der Waals surface area contributed by atoms with Crippen LogP contribution >= 0.6 is 0 Å². The molecule has 0 aliphatic carbocycles. The first-order valence-electron chi connectivity index (χ1n) is 5.71. The van der Waals surface area contributed by atoms with Gasteiger partial charge in [0.05, 0.1) is 7.11 Å². The molecule has 16 heavy (non-hydrogen) atoms. The molecule has 0 amide bonds. The Labute approximate surface area is 97.8 Å². The zero-order chi connectivity index (χ0) is 12.6. The van der Waals surface area contributed by atoms with Crippen LogP contribution < -0.4 is 5.32 Å². The summed E-state index contributed by atoms with van der Waals surface area (Å²) in [5, 5.41) is 12.8. The molecular formula is C11H24N2O3. The highest BCUT2D eigenvalue weighted by molar-refractivity contribution is 5.78. The number of likely N-dealkylation sites (N-methyl/N-ethyl adjacent to an activating group) is 1. The molecule has 2 N–H and O–H groups in total. The summed E-state index contributed by atoms with van der Waals surface area (Å²) in [6, 6.07) is 0. The van der Waals surface area contributed by atoms with E-state index < -0.39 is 11.6 Å². The zero-order valence-corrected chi connectivity index (χ0v) is 10.7. The SMILES string of the molecule is CCN(CC)CCNCC(C)(O)C(=O)OC. The summed E-state index contributed by atoms with van der Waals surface area (Å²) >= 11 is 0. The first kappa shape index (κ1) is 15.3. The number of rotatable bonds is 8. The van der Waals surface area contributed by atoms with Gasteiger partial charge in [-0.25, -0.2) is 4.79 Å². The van der Waals surface area contributed by atoms with Gasteiger partial charge in [0, 0.05) is 19.6 Å². The van der Waals surface area contributed by atoms with Crippen molar-refractivity contribution in [2.45, 2.75) is 26.4 Å². The second kappa shape index (κ2) is 7.60. The molecule has 0 aromatic carbocycles. The predicted octanol–water partition coefficient (Wildman–Crippen LogP) is -0.158. The van der Waals surface area contributed by atoms with Crippen molar-refractivity contribution in [2.24, 2.45) is 0 Å². The van der Waals surface area contributed by atoms with Gasteiger partial charge in [-0.15, -0.1) is 0 Å². The van der Waals surface area contributed by atoms with Crippen LogP contribution in [0.15, 0.2) is 0 Å². The molecule has 0 radical (unpaired) electrons. The quantitative estimate of drug-likeness (QED) is 0.450. The number of carbonyl (C=O) groups excluding carboxylic acids is 1. The van der Waals surface area contributed by atoms with Crippen molar-refractivity contribution < 1.29 is 14.6 Å². The molecule has 0 aliphatic rings. The Morgan fingerprint density at radius 2 is 2.00 bits per heavy atom. The summed E-state index contributed by atoms with van der Waals surface area (Å²) in [6.45, 7) is 9.53. The van der Waals surface area contributed by atoms with Crippen LogP contribution in [0.5, 0.6) is 0 Å². The van der Waals surface area contributed by atoms with E-state index in [9.17, 15) is 9.90 Å². The minimum absolute atomic E-state index is 0.209. The topological polar surface area (TPSA) is 61.8 Å². The number of nitrogens with zero attached hydrogens (tertiary/aromatic N) is 1. The third kappa shape index (κ3) is 5.44. The predicted molar refractivity (Wildman–Crippen MR) is 63.3 cm³/mol.